The number of aliphatic hydroxyl groups is 1. The zero-order valence-electron chi connectivity index (χ0n) is 10.2. The maximum absolute atomic E-state index is 8.97. The highest BCUT2D eigenvalue weighted by atomic mass is 79.9. The Balaban J connectivity index is 2.04. The lowest BCUT2D eigenvalue weighted by Crippen LogP contribution is -2.86. The van der Waals surface area contributed by atoms with Gasteiger partial charge in [-0.3, -0.25) is 0 Å². The van der Waals surface area contributed by atoms with Gasteiger partial charge in [0.1, 0.15) is 6.04 Å². The molecule has 1 aromatic heterocycles. The number of aliphatic hydroxyl groups excluding tert-OH is 1. The molecule has 1 aliphatic carbocycles. The van der Waals surface area contributed by atoms with Crippen LogP contribution in [0.15, 0.2) is 22.7 Å². The molecule has 1 aromatic carbocycles. The number of rotatable bonds is 3. The van der Waals surface area contributed by atoms with Gasteiger partial charge >= 0.3 is 0 Å². The summed E-state index contributed by atoms with van der Waals surface area (Å²) in [7, 11) is 0. The highest BCUT2D eigenvalue weighted by Gasteiger charge is 2.26. The van der Waals surface area contributed by atoms with Crippen LogP contribution in [0.2, 0.25) is 0 Å². The van der Waals surface area contributed by atoms with Gasteiger partial charge in [-0.05, 0) is 36.6 Å². The molecule has 4 heteroatoms. The predicted molar refractivity (Wildman–Crippen MR) is 75.6 cm³/mol. The van der Waals surface area contributed by atoms with E-state index < -0.39 is 0 Å². The van der Waals surface area contributed by atoms with Crippen molar-refractivity contribution in [1.82, 2.24) is 4.98 Å². The fraction of sp³-hybridized carbons (Fsp3) is 0.429. The number of nitrogens with one attached hydrogen (secondary N) is 1. The maximum atomic E-state index is 8.97. The summed E-state index contributed by atoms with van der Waals surface area (Å²) in [5.74, 6) is 0. The van der Waals surface area contributed by atoms with Crippen molar-refractivity contribution < 1.29 is 10.4 Å². The van der Waals surface area contributed by atoms with E-state index in [1.807, 2.05) is 0 Å². The Morgan fingerprint density at radius 2 is 2.33 bits per heavy atom. The Morgan fingerprint density at radius 3 is 3.17 bits per heavy atom. The third kappa shape index (κ3) is 2.09. The van der Waals surface area contributed by atoms with Crippen LogP contribution in [0.25, 0.3) is 10.9 Å². The van der Waals surface area contributed by atoms with Crippen LogP contribution in [0, 0.1) is 0 Å². The third-order valence-corrected chi connectivity index (χ3v) is 4.29. The van der Waals surface area contributed by atoms with E-state index >= 15 is 0 Å². The highest BCUT2D eigenvalue weighted by molar-refractivity contribution is 9.10. The number of benzene rings is 1. The number of hydrogen-bond donors (Lipinski definition) is 3. The molecule has 0 unspecified atom stereocenters. The monoisotopic (exact) mass is 309 g/mol. The summed E-state index contributed by atoms with van der Waals surface area (Å²) in [5.41, 5.74) is 4.06. The van der Waals surface area contributed by atoms with Crippen molar-refractivity contribution in [3.05, 3.63) is 33.9 Å². The third-order valence-electron chi connectivity index (χ3n) is 3.79. The van der Waals surface area contributed by atoms with E-state index in [9.17, 15) is 0 Å². The normalized spacial score (nSPS) is 19.1. The number of H-pyrrole nitrogens is 1. The van der Waals surface area contributed by atoms with Crippen LogP contribution in [0.5, 0.6) is 0 Å². The number of hydrogen-bond acceptors (Lipinski definition) is 1. The van der Waals surface area contributed by atoms with Gasteiger partial charge in [0.15, 0.2) is 0 Å². The molecule has 0 bridgehead atoms. The Kier molecular flexibility index (Phi) is 3.41. The first-order chi connectivity index (χ1) is 8.79. The average Bonchev–Trinajstić information content (AvgIpc) is 2.75. The second-order valence-corrected chi connectivity index (χ2v) is 5.87. The van der Waals surface area contributed by atoms with E-state index in [0.29, 0.717) is 6.04 Å². The van der Waals surface area contributed by atoms with Gasteiger partial charge in [-0.25, -0.2) is 0 Å². The molecule has 2 aromatic rings. The summed E-state index contributed by atoms with van der Waals surface area (Å²) in [6.07, 6.45) is 3.59. The minimum Gasteiger partial charge on any atom is -0.391 e. The standard InChI is InChI=1S/C14H17BrN2O/c15-9-4-5-12-11(8-9)10-2-1-3-13(14(10)17-12)16-6-7-18/h4-5,8,13,16-18H,1-3,6-7H2/p+1/t13-/m1/s1. The Labute approximate surface area is 115 Å². The minimum absolute atomic E-state index is 0.248. The van der Waals surface area contributed by atoms with Crippen LogP contribution in [0.1, 0.15) is 30.1 Å². The molecule has 0 saturated carbocycles. The molecule has 0 spiro atoms. The van der Waals surface area contributed by atoms with E-state index in [0.717, 1.165) is 17.4 Å². The number of aromatic nitrogens is 1. The van der Waals surface area contributed by atoms with Gasteiger partial charge in [-0.15, -0.1) is 0 Å². The lowest BCUT2D eigenvalue weighted by molar-refractivity contribution is -0.698. The van der Waals surface area contributed by atoms with E-state index in [-0.39, 0.29) is 6.61 Å². The molecule has 1 heterocycles. The number of aromatic amines is 1. The number of nitrogens with two attached hydrogens (primary N) is 1. The summed E-state index contributed by atoms with van der Waals surface area (Å²) in [6.45, 7) is 1.03. The first-order valence-electron chi connectivity index (χ1n) is 6.54. The van der Waals surface area contributed by atoms with Crippen LogP contribution < -0.4 is 5.32 Å². The Bertz CT molecular complexity index is 564. The zero-order valence-corrected chi connectivity index (χ0v) is 11.8. The van der Waals surface area contributed by atoms with Crippen molar-refractivity contribution >= 4 is 26.8 Å². The van der Waals surface area contributed by atoms with Crippen LogP contribution in [-0.4, -0.2) is 23.2 Å². The zero-order chi connectivity index (χ0) is 12.5. The summed E-state index contributed by atoms with van der Waals surface area (Å²) in [5, 5.41) is 12.6. The van der Waals surface area contributed by atoms with Crippen LogP contribution in [0.3, 0.4) is 0 Å². The fourth-order valence-corrected chi connectivity index (χ4v) is 3.34. The molecule has 3 nitrogen and oxygen atoms in total. The topological polar surface area (TPSA) is 52.6 Å². The van der Waals surface area contributed by atoms with Crippen molar-refractivity contribution in [2.45, 2.75) is 25.3 Å². The van der Waals surface area contributed by atoms with Crippen LogP contribution in [-0.2, 0) is 6.42 Å². The predicted octanol–water partition coefficient (Wildman–Crippen LogP) is 1.86. The van der Waals surface area contributed by atoms with Gasteiger partial charge in [0.05, 0.1) is 18.8 Å². The number of quaternary nitrogens is 1. The van der Waals surface area contributed by atoms with Crippen molar-refractivity contribution in [2.75, 3.05) is 13.2 Å². The molecule has 0 fully saturated rings. The van der Waals surface area contributed by atoms with Crippen molar-refractivity contribution in [3.63, 3.8) is 0 Å². The molecule has 18 heavy (non-hydrogen) atoms. The van der Waals surface area contributed by atoms with Gasteiger partial charge in [0, 0.05) is 21.8 Å². The molecule has 1 atom stereocenters. The first-order valence-corrected chi connectivity index (χ1v) is 7.33. The second kappa shape index (κ2) is 5.03. The Morgan fingerprint density at radius 1 is 1.44 bits per heavy atom. The van der Waals surface area contributed by atoms with E-state index in [2.05, 4.69) is 44.4 Å². The fourth-order valence-electron chi connectivity index (χ4n) is 2.98. The van der Waals surface area contributed by atoms with E-state index in [1.54, 1.807) is 0 Å². The molecule has 0 radical (unpaired) electrons. The highest BCUT2D eigenvalue weighted by Crippen LogP contribution is 2.34. The average molecular weight is 310 g/mol. The van der Waals surface area contributed by atoms with Crippen molar-refractivity contribution in [3.8, 4) is 0 Å². The van der Waals surface area contributed by atoms with E-state index in [1.165, 1.54) is 35.0 Å². The maximum Gasteiger partial charge on any atom is 0.127 e. The summed E-state index contributed by atoms with van der Waals surface area (Å²) >= 11 is 3.55. The molecule has 0 saturated heterocycles. The lowest BCUT2D eigenvalue weighted by Gasteiger charge is -2.20. The van der Waals surface area contributed by atoms with Gasteiger partial charge in [-0.2, -0.15) is 0 Å². The molecular formula is C14H18BrN2O+. The molecular weight excluding hydrogens is 292 g/mol. The molecule has 3 rings (SSSR count). The van der Waals surface area contributed by atoms with Crippen LogP contribution in [0.4, 0.5) is 0 Å². The summed E-state index contributed by atoms with van der Waals surface area (Å²) in [6, 6.07) is 6.91. The molecule has 0 aliphatic heterocycles. The van der Waals surface area contributed by atoms with Crippen molar-refractivity contribution in [2.24, 2.45) is 0 Å². The number of aryl methyl sites for hydroxylation is 1. The van der Waals surface area contributed by atoms with Crippen LogP contribution >= 0.6 is 15.9 Å². The molecule has 96 valence electrons. The van der Waals surface area contributed by atoms with Gasteiger partial charge in [0.25, 0.3) is 0 Å². The number of fused-ring (bicyclic) bond motifs is 3. The van der Waals surface area contributed by atoms with Crippen molar-refractivity contribution in [1.29, 1.82) is 0 Å². The lowest BCUT2D eigenvalue weighted by atomic mass is 9.92. The molecule has 0 amide bonds. The SMILES string of the molecule is OCC[NH2+][C@@H]1CCCc2c1[nH]c1ccc(Br)cc21. The van der Waals surface area contributed by atoms with Gasteiger partial charge in [0.2, 0.25) is 0 Å². The van der Waals surface area contributed by atoms with E-state index in [4.69, 9.17) is 5.11 Å². The second-order valence-electron chi connectivity index (χ2n) is 4.95. The molecule has 4 N–H and O–H groups in total. The smallest absolute Gasteiger partial charge is 0.127 e. The number of halogens is 1. The summed E-state index contributed by atoms with van der Waals surface area (Å²) in [4.78, 5) is 3.57. The van der Waals surface area contributed by atoms with Gasteiger partial charge < -0.3 is 15.4 Å². The first kappa shape index (κ1) is 12.2. The summed E-state index contributed by atoms with van der Waals surface area (Å²) < 4.78 is 1.14. The molecule has 1 aliphatic rings. The quantitative estimate of drug-likeness (QED) is 0.796. The minimum atomic E-state index is 0.248. The van der Waals surface area contributed by atoms with Gasteiger partial charge in [-0.1, -0.05) is 15.9 Å². The largest absolute Gasteiger partial charge is 0.391 e. The Hall–Kier alpha value is -0.840.